The summed E-state index contributed by atoms with van der Waals surface area (Å²) in [5.41, 5.74) is 4.55. The van der Waals surface area contributed by atoms with Crippen molar-refractivity contribution in [3.63, 3.8) is 0 Å². The maximum atomic E-state index is 13.4. The van der Waals surface area contributed by atoms with Crippen molar-refractivity contribution >= 4 is 45.6 Å². The molecule has 2 aliphatic heterocycles. The van der Waals surface area contributed by atoms with E-state index in [1.165, 1.54) is 28.4 Å². The van der Waals surface area contributed by atoms with E-state index in [9.17, 15) is 14.0 Å². The molecule has 6 rings (SSSR count). The van der Waals surface area contributed by atoms with E-state index in [0.717, 1.165) is 52.1 Å². The Balaban J connectivity index is 1.24. The molecule has 0 N–H and O–H groups in total. The zero-order valence-electron chi connectivity index (χ0n) is 22.0. The lowest BCUT2D eigenvalue weighted by atomic mass is 10.2. The minimum atomic E-state index is -0.268. The molecule has 0 radical (unpaired) electrons. The highest BCUT2D eigenvalue weighted by Crippen LogP contribution is 2.34. The van der Waals surface area contributed by atoms with Crippen molar-refractivity contribution in [3.05, 3.63) is 59.5 Å². The number of carbonyl (C=O) groups excluding carboxylic acids is 2. The molecule has 202 valence electrons. The Morgan fingerprint density at radius 2 is 1.82 bits per heavy atom. The number of hydrogen-bond donors (Lipinski definition) is 0. The normalized spacial score (nSPS) is 16.0. The molecule has 5 heterocycles. The first-order chi connectivity index (χ1) is 18.9. The van der Waals surface area contributed by atoms with Crippen molar-refractivity contribution in [1.29, 1.82) is 0 Å². The van der Waals surface area contributed by atoms with Crippen molar-refractivity contribution in [2.75, 3.05) is 49.6 Å². The van der Waals surface area contributed by atoms with Crippen LogP contribution >= 0.6 is 11.3 Å². The van der Waals surface area contributed by atoms with E-state index in [1.807, 2.05) is 18.5 Å². The largest absolute Gasteiger partial charge is 0.367 e. The number of piperazine rings is 1. The number of nitrogens with zero attached hydrogens (tertiary/aromatic N) is 7. The number of aromatic nitrogens is 3. The molecular weight excluding hydrogens is 517 g/mol. The Labute approximate surface area is 230 Å². The lowest BCUT2D eigenvalue weighted by Gasteiger charge is -2.37. The molecule has 3 amide bonds. The quantitative estimate of drug-likeness (QED) is 0.358. The Morgan fingerprint density at radius 3 is 2.51 bits per heavy atom. The molecule has 0 saturated carbocycles. The first-order valence-corrected chi connectivity index (χ1v) is 14.1. The number of rotatable bonds is 5. The third-order valence-corrected chi connectivity index (χ3v) is 8.36. The van der Waals surface area contributed by atoms with Crippen molar-refractivity contribution in [3.8, 4) is 11.3 Å². The highest BCUT2D eigenvalue weighted by molar-refractivity contribution is 7.14. The van der Waals surface area contributed by atoms with Crippen LogP contribution in [0.2, 0.25) is 0 Å². The van der Waals surface area contributed by atoms with Crippen molar-refractivity contribution in [1.82, 2.24) is 24.2 Å². The molecule has 11 heteroatoms. The smallest absolute Gasteiger partial charge is 0.326 e. The molecule has 0 atom stereocenters. The SMILES string of the molecule is CCc1nc2ccc(N3CCN(C(=O)N4CCCC4=O)CC3)cn2c1N(C)c1nc(-c2ccc(F)cc2)cs1. The van der Waals surface area contributed by atoms with E-state index >= 15 is 0 Å². The number of pyridine rings is 1. The first kappa shape index (κ1) is 25.3. The van der Waals surface area contributed by atoms with Gasteiger partial charge in [0.05, 0.1) is 17.1 Å². The third-order valence-electron chi connectivity index (χ3n) is 7.44. The Morgan fingerprint density at radius 1 is 1.05 bits per heavy atom. The molecular formula is C28H30FN7O2S. The van der Waals surface area contributed by atoms with Gasteiger partial charge in [0.25, 0.3) is 0 Å². The molecule has 1 aromatic carbocycles. The molecule has 9 nitrogen and oxygen atoms in total. The number of benzene rings is 1. The standard InChI is InChI=1S/C28H30FN7O2S/c1-3-22-26(32(2)27-31-23(18-39-27)19-6-8-20(29)9-7-19)36-17-21(10-11-24(36)30-22)33-13-15-34(16-14-33)28(38)35-12-4-5-25(35)37/h6-11,17-18H,3-5,12-16H2,1-2H3. The van der Waals surface area contributed by atoms with Gasteiger partial charge in [-0.2, -0.15) is 0 Å². The van der Waals surface area contributed by atoms with Crippen LogP contribution in [0, 0.1) is 5.82 Å². The van der Waals surface area contributed by atoms with Gasteiger partial charge in [-0.05, 0) is 49.2 Å². The fourth-order valence-electron chi connectivity index (χ4n) is 5.29. The molecule has 2 fully saturated rings. The van der Waals surface area contributed by atoms with Crippen molar-refractivity contribution in [2.45, 2.75) is 26.2 Å². The maximum absolute atomic E-state index is 13.4. The average Bonchev–Trinajstić information content (AvgIpc) is 3.71. The van der Waals surface area contributed by atoms with Gasteiger partial charge in [0.15, 0.2) is 5.13 Å². The summed E-state index contributed by atoms with van der Waals surface area (Å²) in [5.74, 6) is 0.618. The van der Waals surface area contributed by atoms with E-state index in [4.69, 9.17) is 9.97 Å². The molecule has 0 spiro atoms. The number of imidazole rings is 1. The number of hydrogen-bond acceptors (Lipinski definition) is 7. The molecule has 3 aromatic heterocycles. The number of fused-ring (bicyclic) bond motifs is 1. The van der Waals surface area contributed by atoms with Gasteiger partial charge in [-0.25, -0.2) is 19.2 Å². The fourth-order valence-corrected chi connectivity index (χ4v) is 6.09. The monoisotopic (exact) mass is 547 g/mol. The van der Waals surface area contributed by atoms with Crippen LogP contribution < -0.4 is 9.80 Å². The van der Waals surface area contributed by atoms with Gasteiger partial charge in [0, 0.05) is 63.3 Å². The molecule has 0 unspecified atom stereocenters. The van der Waals surface area contributed by atoms with E-state index in [0.29, 0.717) is 39.1 Å². The summed E-state index contributed by atoms with van der Waals surface area (Å²) in [6.07, 6.45) is 4.08. The predicted octanol–water partition coefficient (Wildman–Crippen LogP) is 4.79. The average molecular weight is 548 g/mol. The summed E-state index contributed by atoms with van der Waals surface area (Å²) in [4.78, 5) is 42.0. The molecule has 0 bridgehead atoms. The van der Waals surface area contributed by atoms with Gasteiger partial charge < -0.3 is 14.7 Å². The summed E-state index contributed by atoms with van der Waals surface area (Å²) in [5, 5.41) is 2.80. The minimum Gasteiger partial charge on any atom is -0.367 e. The van der Waals surface area contributed by atoms with Crippen LogP contribution in [0.3, 0.4) is 0 Å². The van der Waals surface area contributed by atoms with Gasteiger partial charge in [-0.1, -0.05) is 6.92 Å². The lowest BCUT2D eigenvalue weighted by Crippen LogP contribution is -2.53. The van der Waals surface area contributed by atoms with Gasteiger partial charge in [-0.15, -0.1) is 11.3 Å². The second kappa shape index (κ2) is 10.3. The molecule has 39 heavy (non-hydrogen) atoms. The number of carbonyl (C=O) groups is 2. The number of anilines is 3. The molecule has 2 aliphatic rings. The van der Waals surface area contributed by atoms with Gasteiger partial charge in [0.2, 0.25) is 5.91 Å². The van der Waals surface area contributed by atoms with E-state index in [-0.39, 0.29) is 17.8 Å². The van der Waals surface area contributed by atoms with Crippen LogP contribution in [0.4, 0.5) is 25.8 Å². The summed E-state index contributed by atoms with van der Waals surface area (Å²) < 4.78 is 15.5. The number of likely N-dealkylation sites (tertiary alicyclic amines) is 1. The van der Waals surface area contributed by atoms with Crippen molar-refractivity contribution < 1.29 is 14.0 Å². The van der Waals surface area contributed by atoms with Crippen LogP contribution in [0.25, 0.3) is 16.9 Å². The lowest BCUT2D eigenvalue weighted by molar-refractivity contribution is -0.125. The van der Waals surface area contributed by atoms with Gasteiger partial charge >= 0.3 is 6.03 Å². The summed E-state index contributed by atoms with van der Waals surface area (Å²) in [7, 11) is 1.99. The van der Waals surface area contributed by atoms with Gasteiger partial charge in [-0.3, -0.25) is 14.1 Å². The third kappa shape index (κ3) is 4.71. The number of thiazole rings is 1. The van der Waals surface area contributed by atoms with Gasteiger partial charge in [0.1, 0.15) is 17.3 Å². The maximum Gasteiger partial charge on any atom is 0.326 e. The number of imide groups is 1. The molecule has 2 saturated heterocycles. The highest BCUT2D eigenvalue weighted by atomic mass is 32.1. The van der Waals surface area contributed by atoms with E-state index in [1.54, 1.807) is 17.0 Å². The van der Waals surface area contributed by atoms with Crippen LogP contribution in [0.5, 0.6) is 0 Å². The van der Waals surface area contributed by atoms with Crippen LogP contribution in [-0.2, 0) is 11.2 Å². The zero-order valence-corrected chi connectivity index (χ0v) is 22.8. The second-order valence-electron chi connectivity index (χ2n) is 9.84. The number of halogens is 1. The zero-order chi connectivity index (χ0) is 27.1. The summed E-state index contributed by atoms with van der Waals surface area (Å²) in [6.45, 7) is 5.13. The number of amides is 3. The van der Waals surface area contributed by atoms with Crippen LogP contribution in [0.15, 0.2) is 48.0 Å². The van der Waals surface area contributed by atoms with Crippen LogP contribution in [-0.4, -0.2) is 75.9 Å². The predicted molar refractivity (Wildman–Crippen MR) is 150 cm³/mol. The topological polar surface area (TPSA) is 77.3 Å². The minimum absolute atomic E-state index is 0.0682. The van der Waals surface area contributed by atoms with Crippen molar-refractivity contribution in [2.24, 2.45) is 0 Å². The van der Waals surface area contributed by atoms with E-state index < -0.39 is 0 Å². The van der Waals surface area contributed by atoms with E-state index in [2.05, 4.69) is 33.4 Å². The number of aryl methyl sites for hydroxylation is 1. The summed E-state index contributed by atoms with van der Waals surface area (Å²) >= 11 is 1.53. The molecule has 4 aromatic rings. The highest BCUT2D eigenvalue weighted by Gasteiger charge is 2.32. The Bertz CT molecular complexity index is 1520. The summed E-state index contributed by atoms with van der Waals surface area (Å²) in [6, 6.07) is 10.3. The number of urea groups is 1. The fraction of sp³-hybridized carbons (Fsp3) is 0.357. The second-order valence-corrected chi connectivity index (χ2v) is 10.7. The molecule has 0 aliphatic carbocycles. The Kier molecular flexibility index (Phi) is 6.68. The first-order valence-electron chi connectivity index (χ1n) is 13.2. The van der Waals surface area contributed by atoms with Crippen LogP contribution in [0.1, 0.15) is 25.5 Å². The Hall–Kier alpha value is -3.99.